The standard InChI is InChI=1S/C17H18N2O/c1-13-7-8-17(15(9-13)11-18)19-16(12-20)10-14-5-3-2-4-6-14/h2-9,16,19-20H,10,12H2,1H3. The van der Waals surface area contributed by atoms with Gasteiger partial charge in [-0.15, -0.1) is 0 Å². The smallest absolute Gasteiger partial charge is 0.101 e. The van der Waals surface area contributed by atoms with E-state index < -0.39 is 0 Å². The maximum atomic E-state index is 9.52. The largest absolute Gasteiger partial charge is 0.394 e. The fourth-order valence-corrected chi connectivity index (χ4v) is 2.16. The number of nitriles is 1. The van der Waals surface area contributed by atoms with Crippen LogP contribution < -0.4 is 5.32 Å². The normalized spacial score (nSPS) is 11.7. The van der Waals surface area contributed by atoms with Gasteiger partial charge in [-0.05, 0) is 36.6 Å². The molecule has 0 saturated carbocycles. The Morgan fingerprint density at radius 2 is 1.95 bits per heavy atom. The van der Waals surface area contributed by atoms with E-state index >= 15 is 0 Å². The number of aliphatic hydroxyl groups excluding tert-OH is 1. The molecule has 102 valence electrons. The van der Waals surface area contributed by atoms with Gasteiger partial charge in [-0.3, -0.25) is 0 Å². The molecule has 0 saturated heterocycles. The van der Waals surface area contributed by atoms with Crippen molar-refractivity contribution in [2.75, 3.05) is 11.9 Å². The van der Waals surface area contributed by atoms with Gasteiger partial charge >= 0.3 is 0 Å². The second kappa shape index (κ2) is 6.74. The van der Waals surface area contributed by atoms with Gasteiger partial charge in [0.2, 0.25) is 0 Å². The Bertz CT molecular complexity index is 602. The molecule has 2 N–H and O–H groups in total. The van der Waals surface area contributed by atoms with Crippen LogP contribution in [0.4, 0.5) is 5.69 Å². The van der Waals surface area contributed by atoms with Crippen LogP contribution in [0.25, 0.3) is 0 Å². The van der Waals surface area contributed by atoms with Crippen molar-refractivity contribution in [2.45, 2.75) is 19.4 Å². The Balaban J connectivity index is 2.13. The molecular weight excluding hydrogens is 248 g/mol. The van der Waals surface area contributed by atoms with Crippen LogP contribution in [0.15, 0.2) is 48.5 Å². The number of anilines is 1. The lowest BCUT2D eigenvalue weighted by Crippen LogP contribution is -2.26. The Hall–Kier alpha value is -2.31. The highest BCUT2D eigenvalue weighted by atomic mass is 16.3. The van der Waals surface area contributed by atoms with Gasteiger partial charge in [-0.2, -0.15) is 5.26 Å². The zero-order valence-electron chi connectivity index (χ0n) is 11.5. The monoisotopic (exact) mass is 266 g/mol. The molecule has 2 aromatic carbocycles. The SMILES string of the molecule is Cc1ccc(NC(CO)Cc2ccccc2)c(C#N)c1. The van der Waals surface area contributed by atoms with E-state index in [2.05, 4.69) is 11.4 Å². The van der Waals surface area contributed by atoms with Crippen molar-refractivity contribution in [1.82, 2.24) is 0 Å². The molecule has 1 atom stereocenters. The molecule has 1 unspecified atom stereocenters. The molecule has 0 aromatic heterocycles. The van der Waals surface area contributed by atoms with Crippen LogP contribution in [0.1, 0.15) is 16.7 Å². The molecule has 2 rings (SSSR count). The first kappa shape index (κ1) is 14.1. The van der Waals surface area contributed by atoms with E-state index in [1.165, 1.54) is 0 Å². The van der Waals surface area contributed by atoms with Crippen molar-refractivity contribution >= 4 is 5.69 Å². The van der Waals surface area contributed by atoms with Crippen molar-refractivity contribution < 1.29 is 5.11 Å². The van der Waals surface area contributed by atoms with E-state index in [0.717, 1.165) is 23.2 Å². The molecule has 2 aromatic rings. The zero-order chi connectivity index (χ0) is 14.4. The molecular formula is C17H18N2O. The minimum atomic E-state index is -0.104. The number of aryl methyl sites for hydroxylation is 1. The lowest BCUT2D eigenvalue weighted by Gasteiger charge is -2.18. The molecule has 0 radical (unpaired) electrons. The summed E-state index contributed by atoms with van der Waals surface area (Å²) in [5.41, 5.74) is 3.59. The maximum absolute atomic E-state index is 9.52. The number of aliphatic hydroxyl groups is 1. The molecule has 0 bridgehead atoms. The third-order valence-corrected chi connectivity index (χ3v) is 3.20. The van der Waals surface area contributed by atoms with Crippen LogP contribution in [0.5, 0.6) is 0 Å². The van der Waals surface area contributed by atoms with Crippen LogP contribution in [0.3, 0.4) is 0 Å². The molecule has 3 heteroatoms. The van der Waals surface area contributed by atoms with E-state index in [4.69, 9.17) is 5.26 Å². The molecule has 20 heavy (non-hydrogen) atoms. The first-order chi connectivity index (χ1) is 9.72. The van der Waals surface area contributed by atoms with Crippen molar-refractivity contribution in [2.24, 2.45) is 0 Å². The van der Waals surface area contributed by atoms with Crippen LogP contribution in [-0.4, -0.2) is 17.8 Å². The van der Waals surface area contributed by atoms with Gasteiger partial charge in [0.1, 0.15) is 6.07 Å². The predicted octanol–water partition coefficient (Wildman–Crippen LogP) is 2.88. The summed E-state index contributed by atoms with van der Waals surface area (Å²) in [6, 6.07) is 17.8. The van der Waals surface area contributed by atoms with Gasteiger partial charge in [-0.1, -0.05) is 36.4 Å². The van der Waals surface area contributed by atoms with Crippen molar-refractivity contribution in [3.63, 3.8) is 0 Å². The number of hydrogen-bond donors (Lipinski definition) is 2. The van der Waals surface area contributed by atoms with Crippen LogP contribution in [0.2, 0.25) is 0 Å². The summed E-state index contributed by atoms with van der Waals surface area (Å²) in [4.78, 5) is 0. The zero-order valence-corrected chi connectivity index (χ0v) is 11.5. The quantitative estimate of drug-likeness (QED) is 0.875. The molecule has 0 aliphatic rings. The highest BCUT2D eigenvalue weighted by Crippen LogP contribution is 2.18. The third-order valence-electron chi connectivity index (χ3n) is 3.20. The minimum Gasteiger partial charge on any atom is -0.394 e. The van der Waals surface area contributed by atoms with Crippen molar-refractivity contribution in [1.29, 1.82) is 5.26 Å². The summed E-state index contributed by atoms with van der Waals surface area (Å²) in [6.45, 7) is 1.98. The minimum absolute atomic E-state index is 0.0215. The van der Waals surface area contributed by atoms with Gasteiger partial charge in [-0.25, -0.2) is 0 Å². The molecule has 0 heterocycles. The number of hydrogen-bond acceptors (Lipinski definition) is 3. The molecule has 0 aliphatic heterocycles. The highest BCUT2D eigenvalue weighted by molar-refractivity contribution is 5.59. The Labute approximate surface area is 119 Å². The molecule has 0 fully saturated rings. The lowest BCUT2D eigenvalue weighted by atomic mass is 10.0. The second-order valence-electron chi connectivity index (χ2n) is 4.87. The summed E-state index contributed by atoms with van der Waals surface area (Å²) in [7, 11) is 0. The van der Waals surface area contributed by atoms with E-state index in [9.17, 15) is 5.11 Å². The van der Waals surface area contributed by atoms with Gasteiger partial charge in [0.25, 0.3) is 0 Å². The van der Waals surface area contributed by atoms with E-state index in [1.54, 1.807) is 0 Å². The predicted molar refractivity (Wildman–Crippen MR) is 80.5 cm³/mol. The van der Waals surface area contributed by atoms with Crippen LogP contribution in [0, 0.1) is 18.3 Å². The summed E-state index contributed by atoms with van der Waals surface area (Å²) in [5, 5.41) is 21.9. The average molecular weight is 266 g/mol. The number of nitrogens with zero attached hydrogens (tertiary/aromatic N) is 1. The van der Waals surface area contributed by atoms with Gasteiger partial charge in [0.05, 0.1) is 23.9 Å². The summed E-state index contributed by atoms with van der Waals surface area (Å²) >= 11 is 0. The molecule has 0 amide bonds. The summed E-state index contributed by atoms with van der Waals surface area (Å²) in [5.74, 6) is 0. The fraction of sp³-hybridized carbons (Fsp3) is 0.235. The Morgan fingerprint density at radius 3 is 2.60 bits per heavy atom. The summed E-state index contributed by atoms with van der Waals surface area (Å²) in [6.07, 6.45) is 0.718. The Morgan fingerprint density at radius 1 is 1.20 bits per heavy atom. The summed E-state index contributed by atoms with van der Waals surface area (Å²) < 4.78 is 0. The van der Waals surface area contributed by atoms with Crippen molar-refractivity contribution in [3.8, 4) is 6.07 Å². The van der Waals surface area contributed by atoms with Gasteiger partial charge in [0.15, 0.2) is 0 Å². The molecule has 0 spiro atoms. The second-order valence-corrected chi connectivity index (χ2v) is 4.87. The maximum Gasteiger partial charge on any atom is 0.101 e. The fourth-order valence-electron chi connectivity index (χ4n) is 2.16. The van der Waals surface area contributed by atoms with Gasteiger partial charge in [0, 0.05) is 0 Å². The number of rotatable bonds is 5. The molecule has 0 aliphatic carbocycles. The third kappa shape index (κ3) is 3.59. The van der Waals surface area contributed by atoms with Crippen molar-refractivity contribution in [3.05, 3.63) is 65.2 Å². The topological polar surface area (TPSA) is 56.0 Å². The highest BCUT2D eigenvalue weighted by Gasteiger charge is 2.11. The van der Waals surface area contributed by atoms with Gasteiger partial charge < -0.3 is 10.4 Å². The number of nitrogens with one attached hydrogen (secondary N) is 1. The van der Waals surface area contributed by atoms with E-state index in [1.807, 2.05) is 55.5 Å². The van der Waals surface area contributed by atoms with Crippen LogP contribution >= 0.6 is 0 Å². The van der Waals surface area contributed by atoms with E-state index in [0.29, 0.717) is 5.56 Å². The first-order valence-electron chi connectivity index (χ1n) is 6.65. The van der Waals surface area contributed by atoms with E-state index in [-0.39, 0.29) is 12.6 Å². The number of benzene rings is 2. The average Bonchev–Trinajstić information content (AvgIpc) is 2.49. The van der Waals surface area contributed by atoms with Crippen LogP contribution in [-0.2, 0) is 6.42 Å². The Kier molecular flexibility index (Phi) is 4.75. The first-order valence-corrected chi connectivity index (χ1v) is 6.65. The lowest BCUT2D eigenvalue weighted by molar-refractivity contribution is 0.273. The molecule has 3 nitrogen and oxygen atoms in total.